The maximum Gasteiger partial charge on any atom is 0.118 e. The standard InChI is InChI=1S/C17H32N2O2/c1-6-19(8-9-20-7-2)13-17-10-16(15(5)21-17)12-18-11-14(3)4/h10,14,18H,6-9,11-13H2,1-5H3. The monoisotopic (exact) mass is 296 g/mol. The fourth-order valence-electron chi connectivity index (χ4n) is 2.24. The Bertz CT molecular complexity index is 388. The fourth-order valence-corrected chi connectivity index (χ4v) is 2.24. The van der Waals surface area contributed by atoms with Crippen LogP contribution in [0.2, 0.25) is 0 Å². The third-order valence-corrected chi connectivity index (χ3v) is 3.52. The lowest BCUT2D eigenvalue weighted by Gasteiger charge is -2.18. The number of nitrogens with zero attached hydrogens (tertiary/aromatic N) is 1. The van der Waals surface area contributed by atoms with Gasteiger partial charge < -0.3 is 14.5 Å². The number of hydrogen-bond acceptors (Lipinski definition) is 4. The molecule has 0 aliphatic carbocycles. The van der Waals surface area contributed by atoms with Crippen molar-refractivity contribution in [3.05, 3.63) is 23.2 Å². The molecule has 0 saturated heterocycles. The number of ether oxygens (including phenoxy) is 1. The second-order valence-corrected chi connectivity index (χ2v) is 5.88. The Labute approximate surface area is 129 Å². The second kappa shape index (κ2) is 9.98. The summed E-state index contributed by atoms with van der Waals surface area (Å²) in [5, 5.41) is 3.47. The quantitative estimate of drug-likeness (QED) is 0.636. The van der Waals surface area contributed by atoms with E-state index in [1.807, 2.05) is 13.8 Å². The van der Waals surface area contributed by atoms with Crippen molar-refractivity contribution in [1.82, 2.24) is 10.2 Å². The van der Waals surface area contributed by atoms with Gasteiger partial charge in [-0.2, -0.15) is 0 Å². The minimum absolute atomic E-state index is 0.672. The van der Waals surface area contributed by atoms with E-state index in [2.05, 4.69) is 37.1 Å². The Hall–Kier alpha value is -0.840. The maximum atomic E-state index is 5.89. The summed E-state index contributed by atoms with van der Waals surface area (Å²) < 4.78 is 11.3. The third kappa shape index (κ3) is 7.11. The first-order chi connectivity index (χ1) is 10.1. The summed E-state index contributed by atoms with van der Waals surface area (Å²) in [6, 6.07) is 2.19. The molecule has 0 aliphatic heterocycles. The van der Waals surface area contributed by atoms with E-state index < -0.39 is 0 Å². The number of nitrogens with one attached hydrogen (secondary N) is 1. The molecule has 1 rings (SSSR count). The molecule has 1 N–H and O–H groups in total. The van der Waals surface area contributed by atoms with Gasteiger partial charge in [0.2, 0.25) is 0 Å². The van der Waals surface area contributed by atoms with Crippen molar-refractivity contribution < 1.29 is 9.15 Å². The van der Waals surface area contributed by atoms with Crippen LogP contribution in [-0.2, 0) is 17.8 Å². The Balaban J connectivity index is 2.47. The molecule has 0 fully saturated rings. The lowest BCUT2D eigenvalue weighted by Crippen LogP contribution is -2.26. The van der Waals surface area contributed by atoms with E-state index in [-0.39, 0.29) is 0 Å². The van der Waals surface area contributed by atoms with Gasteiger partial charge in [-0.15, -0.1) is 0 Å². The Morgan fingerprint density at radius 3 is 2.71 bits per heavy atom. The van der Waals surface area contributed by atoms with E-state index in [4.69, 9.17) is 9.15 Å². The number of furan rings is 1. The summed E-state index contributed by atoms with van der Waals surface area (Å²) in [4.78, 5) is 2.35. The van der Waals surface area contributed by atoms with Crippen LogP contribution in [0.3, 0.4) is 0 Å². The Morgan fingerprint density at radius 2 is 2.10 bits per heavy atom. The lowest BCUT2D eigenvalue weighted by molar-refractivity contribution is 0.110. The summed E-state index contributed by atoms with van der Waals surface area (Å²) in [5.41, 5.74) is 1.27. The Kier molecular flexibility index (Phi) is 8.66. The zero-order chi connectivity index (χ0) is 15.7. The third-order valence-electron chi connectivity index (χ3n) is 3.52. The van der Waals surface area contributed by atoms with Crippen LogP contribution in [0.1, 0.15) is 44.8 Å². The molecule has 0 unspecified atom stereocenters. The van der Waals surface area contributed by atoms with E-state index in [0.29, 0.717) is 5.92 Å². The molecule has 0 spiro atoms. The fraction of sp³-hybridized carbons (Fsp3) is 0.765. The van der Waals surface area contributed by atoms with Gasteiger partial charge in [0.15, 0.2) is 0 Å². The highest BCUT2D eigenvalue weighted by Gasteiger charge is 2.11. The Morgan fingerprint density at radius 1 is 1.33 bits per heavy atom. The maximum absolute atomic E-state index is 5.89. The molecule has 0 radical (unpaired) electrons. The van der Waals surface area contributed by atoms with Gasteiger partial charge in [0, 0.05) is 25.3 Å². The highest BCUT2D eigenvalue weighted by molar-refractivity contribution is 5.20. The summed E-state index contributed by atoms with van der Waals surface area (Å²) in [7, 11) is 0. The van der Waals surface area contributed by atoms with Crippen LogP contribution < -0.4 is 5.32 Å². The number of likely N-dealkylation sites (N-methyl/N-ethyl adjacent to an activating group) is 1. The van der Waals surface area contributed by atoms with E-state index in [1.54, 1.807) is 0 Å². The molecular weight excluding hydrogens is 264 g/mol. The van der Waals surface area contributed by atoms with E-state index in [1.165, 1.54) is 5.56 Å². The van der Waals surface area contributed by atoms with Crippen LogP contribution in [0.4, 0.5) is 0 Å². The van der Waals surface area contributed by atoms with Gasteiger partial charge in [0.05, 0.1) is 13.2 Å². The van der Waals surface area contributed by atoms with Crippen LogP contribution >= 0.6 is 0 Å². The molecule has 122 valence electrons. The summed E-state index contributed by atoms with van der Waals surface area (Å²) >= 11 is 0. The average Bonchev–Trinajstić information content (AvgIpc) is 2.78. The van der Waals surface area contributed by atoms with Gasteiger partial charge in [0.25, 0.3) is 0 Å². The van der Waals surface area contributed by atoms with Crippen molar-refractivity contribution in [2.24, 2.45) is 5.92 Å². The van der Waals surface area contributed by atoms with E-state index >= 15 is 0 Å². The predicted molar refractivity (Wildman–Crippen MR) is 87.4 cm³/mol. The summed E-state index contributed by atoms with van der Waals surface area (Å²) in [6.07, 6.45) is 0. The molecule has 0 aliphatic rings. The van der Waals surface area contributed by atoms with Crippen LogP contribution in [0.5, 0.6) is 0 Å². The SMILES string of the molecule is CCOCCN(CC)Cc1cc(CNCC(C)C)c(C)o1. The van der Waals surface area contributed by atoms with Gasteiger partial charge in [-0.25, -0.2) is 0 Å². The first-order valence-corrected chi connectivity index (χ1v) is 8.15. The van der Waals surface area contributed by atoms with Crippen LogP contribution in [0.15, 0.2) is 10.5 Å². The van der Waals surface area contributed by atoms with Crippen LogP contribution in [-0.4, -0.2) is 37.7 Å². The number of rotatable bonds is 11. The highest BCUT2D eigenvalue weighted by atomic mass is 16.5. The minimum atomic E-state index is 0.672. The zero-order valence-corrected chi connectivity index (χ0v) is 14.4. The summed E-state index contributed by atoms with van der Waals surface area (Å²) in [5.74, 6) is 2.75. The molecule has 21 heavy (non-hydrogen) atoms. The van der Waals surface area contributed by atoms with Crippen molar-refractivity contribution >= 4 is 0 Å². The molecular formula is C17H32N2O2. The van der Waals surface area contributed by atoms with Crippen LogP contribution in [0.25, 0.3) is 0 Å². The lowest BCUT2D eigenvalue weighted by atomic mass is 10.2. The van der Waals surface area contributed by atoms with Crippen molar-refractivity contribution in [2.45, 2.75) is 47.7 Å². The largest absolute Gasteiger partial charge is 0.465 e. The molecule has 0 aromatic carbocycles. The van der Waals surface area contributed by atoms with Crippen molar-refractivity contribution in [3.63, 3.8) is 0 Å². The normalized spacial score (nSPS) is 11.8. The van der Waals surface area contributed by atoms with Crippen molar-refractivity contribution in [1.29, 1.82) is 0 Å². The molecule has 0 saturated carbocycles. The number of aryl methyl sites for hydroxylation is 1. The molecule has 1 aromatic rings. The minimum Gasteiger partial charge on any atom is -0.465 e. The smallest absolute Gasteiger partial charge is 0.118 e. The highest BCUT2D eigenvalue weighted by Crippen LogP contribution is 2.16. The molecule has 1 heterocycles. The molecule has 0 atom stereocenters. The second-order valence-electron chi connectivity index (χ2n) is 5.88. The van der Waals surface area contributed by atoms with Crippen molar-refractivity contribution in [3.8, 4) is 0 Å². The molecule has 0 bridgehead atoms. The van der Waals surface area contributed by atoms with Gasteiger partial charge >= 0.3 is 0 Å². The zero-order valence-electron chi connectivity index (χ0n) is 14.4. The summed E-state index contributed by atoms with van der Waals surface area (Å²) in [6.45, 7) is 17.0. The molecule has 0 amide bonds. The van der Waals surface area contributed by atoms with Gasteiger partial charge in [0.1, 0.15) is 11.5 Å². The topological polar surface area (TPSA) is 37.6 Å². The van der Waals surface area contributed by atoms with E-state index in [0.717, 1.165) is 57.5 Å². The van der Waals surface area contributed by atoms with Gasteiger partial charge in [-0.05, 0) is 38.9 Å². The van der Waals surface area contributed by atoms with Gasteiger partial charge in [-0.3, -0.25) is 4.90 Å². The number of hydrogen-bond donors (Lipinski definition) is 1. The first kappa shape index (κ1) is 18.2. The molecule has 1 aromatic heterocycles. The molecule has 4 nitrogen and oxygen atoms in total. The van der Waals surface area contributed by atoms with E-state index in [9.17, 15) is 0 Å². The molecule has 4 heteroatoms. The average molecular weight is 296 g/mol. The van der Waals surface area contributed by atoms with Gasteiger partial charge in [-0.1, -0.05) is 20.8 Å². The first-order valence-electron chi connectivity index (χ1n) is 8.15. The van der Waals surface area contributed by atoms with Crippen molar-refractivity contribution in [2.75, 3.05) is 32.8 Å². The predicted octanol–water partition coefficient (Wildman–Crippen LogP) is 3.19. The van der Waals surface area contributed by atoms with Crippen LogP contribution in [0, 0.1) is 12.8 Å².